The van der Waals surface area contributed by atoms with Crippen LogP contribution in [0.15, 0.2) is 0 Å². The van der Waals surface area contributed by atoms with Crippen LogP contribution in [0, 0.1) is 0 Å². The maximum atomic E-state index is 11.4. The van der Waals surface area contributed by atoms with E-state index in [4.69, 9.17) is 9.47 Å². The van der Waals surface area contributed by atoms with Gasteiger partial charge in [0.15, 0.2) is 18.0 Å². The van der Waals surface area contributed by atoms with E-state index in [1.54, 1.807) is 0 Å². The maximum Gasteiger partial charge on any atom is 0.346 e. The van der Waals surface area contributed by atoms with E-state index in [-0.39, 0.29) is 18.6 Å². The summed E-state index contributed by atoms with van der Waals surface area (Å²) in [6.45, 7) is 4.33. The van der Waals surface area contributed by atoms with Crippen LogP contribution in [0.25, 0.3) is 0 Å². The highest BCUT2D eigenvalue weighted by molar-refractivity contribution is 5.83. The van der Waals surface area contributed by atoms with Crippen molar-refractivity contribution in [1.29, 1.82) is 0 Å². The van der Waals surface area contributed by atoms with Crippen LogP contribution in [0.3, 0.4) is 0 Å². The molecule has 2 unspecified atom stereocenters. The predicted molar refractivity (Wildman–Crippen MR) is 76.9 cm³/mol. The first-order valence-corrected chi connectivity index (χ1v) is 7.25. The number of esters is 3. The lowest BCUT2D eigenvalue weighted by atomic mass is 10.1. The Bertz CT molecular complexity index is 403. The van der Waals surface area contributed by atoms with Crippen LogP contribution >= 0.6 is 0 Å². The quantitative estimate of drug-likeness (QED) is 0.343. The Morgan fingerprint density at radius 1 is 0.818 bits per heavy atom. The van der Waals surface area contributed by atoms with Crippen molar-refractivity contribution in [3.63, 3.8) is 0 Å². The molecule has 0 fully saturated rings. The smallest absolute Gasteiger partial charge is 0.346 e. The van der Waals surface area contributed by atoms with E-state index in [0.29, 0.717) is 19.3 Å². The van der Waals surface area contributed by atoms with Crippen LogP contribution in [0.1, 0.15) is 52.9 Å². The third-order valence-corrected chi connectivity index (χ3v) is 2.98. The first-order valence-electron chi connectivity index (χ1n) is 7.25. The SMILES string of the molecule is COC(=O)C(C)OC(=O)CCCCCC(=O)OC(C)C(C)=O. The summed E-state index contributed by atoms with van der Waals surface area (Å²) in [7, 11) is 1.22. The third kappa shape index (κ3) is 9.10. The van der Waals surface area contributed by atoms with E-state index in [0.717, 1.165) is 0 Å². The fourth-order valence-electron chi connectivity index (χ4n) is 1.52. The van der Waals surface area contributed by atoms with Crippen LogP contribution in [0.4, 0.5) is 0 Å². The van der Waals surface area contributed by atoms with E-state index < -0.39 is 30.1 Å². The van der Waals surface area contributed by atoms with Crippen molar-refractivity contribution < 1.29 is 33.4 Å². The first-order chi connectivity index (χ1) is 10.3. The molecule has 0 saturated carbocycles. The average molecular weight is 316 g/mol. The van der Waals surface area contributed by atoms with Gasteiger partial charge in [-0.3, -0.25) is 14.4 Å². The fraction of sp³-hybridized carbons (Fsp3) is 0.733. The zero-order valence-electron chi connectivity index (χ0n) is 13.5. The van der Waals surface area contributed by atoms with Crippen LogP contribution < -0.4 is 0 Å². The molecular formula is C15H24O7. The third-order valence-electron chi connectivity index (χ3n) is 2.98. The van der Waals surface area contributed by atoms with Gasteiger partial charge in [0, 0.05) is 12.8 Å². The highest BCUT2D eigenvalue weighted by Gasteiger charge is 2.17. The van der Waals surface area contributed by atoms with Crippen LogP contribution in [-0.2, 0) is 33.4 Å². The number of carbonyl (C=O) groups is 4. The number of ether oxygens (including phenoxy) is 3. The van der Waals surface area contributed by atoms with Gasteiger partial charge in [0.25, 0.3) is 0 Å². The van der Waals surface area contributed by atoms with E-state index in [1.165, 1.54) is 27.9 Å². The molecule has 0 aromatic rings. The Kier molecular flexibility index (Phi) is 9.82. The summed E-state index contributed by atoms with van der Waals surface area (Å²) in [5.74, 6) is -1.71. The second-order valence-electron chi connectivity index (χ2n) is 4.96. The Morgan fingerprint density at radius 2 is 1.27 bits per heavy atom. The highest BCUT2D eigenvalue weighted by Crippen LogP contribution is 2.07. The second-order valence-corrected chi connectivity index (χ2v) is 4.96. The van der Waals surface area contributed by atoms with Gasteiger partial charge in [0.1, 0.15) is 0 Å². The molecule has 126 valence electrons. The lowest BCUT2D eigenvalue weighted by Gasteiger charge is -2.11. The molecule has 0 rings (SSSR count). The highest BCUT2D eigenvalue weighted by atomic mass is 16.6. The molecule has 0 N–H and O–H groups in total. The summed E-state index contributed by atoms with van der Waals surface area (Å²) >= 11 is 0. The van der Waals surface area contributed by atoms with E-state index in [2.05, 4.69) is 4.74 Å². The number of Topliss-reactive ketones (excluding diaryl/α,β-unsaturated/α-hetero) is 1. The molecule has 0 saturated heterocycles. The van der Waals surface area contributed by atoms with Crippen LogP contribution in [0.5, 0.6) is 0 Å². The molecule has 0 spiro atoms. The number of rotatable bonds is 10. The fourth-order valence-corrected chi connectivity index (χ4v) is 1.52. The Balaban J connectivity index is 3.72. The Labute approximate surface area is 130 Å². The Hall–Kier alpha value is -1.92. The van der Waals surface area contributed by atoms with Crippen molar-refractivity contribution in [1.82, 2.24) is 0 Å². The molecular weight excluding hydrogens is 292 g/mol. The van der Waals surface area contributed by atoms with Gasteiger partial charge < -0.3 is 14.2 Å². The summed E-state index contributed by atoms with van der Waals surface area (Å²) in [5, 5.41) is 0. The zero-order chi connectivity index (χ0) is 17.1. The molecule has 0 aliphatic heterocycles. The lowest BCUT2D eigenvalue weighted by Crippen LogP contribution is -2.25. The van der Waals surface area contributed by atoms with Gasteiger partial charge in [-0.05, 0) is 33.6 Å². The van der Waals surface area contributed by atoms with Gasteiger partial charge in [-0.1, -0.05) is 6.42 Å². The molecule has 0 aromatic carbocycles. The number of ketones is 1. The largest absolute Gasteiger partial charge is 0.466 e. The van der Waals surface area contributed by atoms with E-state index >= 15 is 0 Å². The molecule has 22 heavy (non-hydrogen) atoms. The second kappa shape index (κ2) is 10.8. The van der Waals surface area contributed by atoms with Crippen molar-refractivity contribution in [3.8, 4) is 0 Å². The van der Waals surface area contributed by atoms with Gasteiger partial charge in [-0.2, -0.15) is 0 Å². The van der Waals surface area contributed by atoms with Crippen molar-refractivity contribution in [2.45, 2.75) is 65.1 Å². The summed E-state index contributed by atoms with van der Waals surface area (Å²) in [6.07, 6.45) is 0.477. The van der Waals surface area contributed by atoms with Crippen molar-refractivity contribution in [2.24, 2.45) is 0 Å². The minimum atomic E-state index is -0.916. The predicted octanol–water partition coefficient (Wildman–Crippen LogP) is 1.56. The monoisotopic (exact) mass is 316 g/mol. The van der Waals surface area contributed by atoms with Crippen LogP contribution in [-0.4, -0.2) is 43.0 Å². The van der Waals surface area contributed by atoms with Gasteiger partial charge >= 0.3 is 17.9 Å². The van der Waals surface area contributed by atoms with Crippen molar-refractivity contribution in [2.75, 3.05) is 7.11 Å². The molecule has 0 radical (unpaired) electrons. The average Bonchev–Trinajstić information content (AvgIpc) is 2.45. The summed E-state index contributed by atoms with van der Waals surface area (Å²) < 4.78 is 14.2. The topological polar surface area (TPSA) is 96.0 Å². The van der Waals surface area contributed by atoms with E-state index in [9.17, 15) is 19.2 Å². The van der Waals surface area contributed by atoms with Crippen molar-refractivity contribution >= 4 is 23.7 Å². The van der Waals surface area contributed by atoms with Gasteiger partial charge in [0.2, 0.25) is 0 Å². The van der Waals surface area contributed by atoms with Gasteiger partial charge in [-0.25, -0.2) is 4.79 Å². The first kappa shape index (κ1) is 20.1. The molecule has 0 heterocycles. The van der Waals surface area contributed by atoms with Crippen LogP contribution in [0.2, 0.25) is 0 Å². The lowest BCUT2D eigenvalue weighted by molar-refractivity contribution is -0.164. The summed E-state index contributed by atoms with van der Waals surface area (Å²) in [6, 6.07) is 0. The van der Waals surface area contributed by atoms with Crippen molar-refractivity contribution in [3.05, 3.63) is 0 Å². The molecule has 0 amide bonds. The number of hydrogen-bond donors (Lipinski definition) is 0. The number of methoxy groups -OCH3 is 1. The minimum Gasteiger partial charge on any atom is -0.466 e. The molecule has 7 heteroatoms. The number of carbonyl (C=O) groups excluding carboxylic acids is 4. The molecule has 0 aliphatic carbocycles. The molecule has 0 aliphatic rings. The number of unbranched alkanes of at least 4 members (excludes halogenated alkanes) is 2. The van der Waals surface area contributed by atoms with E-state index in [1.807, 2.05) is 0 Å². The summed E-state index contributed by atoms with van der Waals surface area (Å²) in [5.41, 5.74) is 0. The normalized spacial score (nSPS) is 12.9. The Morgan fingerprint density at radius 3 is 1.68 bits per heavy atom. The maximum absolute atomic E-state index is 11.4. The molecule has 0 bridgehead atoms. The standard InChI is InChI=1S/C15H24O7/c1-10(16)11(2)21-13(17)8-6-5-7-9-14(18)22-12(3)15(19)20-4/h11-12H,5-9H2,1-4H3. The molecule has 0 aromatic heterocycles. The zero-order valence-corrected chi connectivity index (χ0v) is 13.5. The molecule has 7 nitrogen and oxygen atoms in total. The number of hydrogen-bond acceptors (Lipinski definition) is 7. The minimum absolute atomic E-state index is 0.167. The summed E-state index contributed by atoms with van der Waals surface area (Å²) in [4.78, 5) is 44.8. The van der Waals surface area contributed by atoms with Gasteiger partial charge in [-0.15, -0.1) is 0 Å². The molecule has 2 atom stereocenters. The van der Waals surface area contributed by atoms with Gasteiger partial charge in [0.05, 0.1) is 7.11 Å².